The highest BCUT2D eigenvalue weighted by Gasteiger charge is 2.34. The molecule has 1 aliphatic rings. The second-order valence-corrected chi connectivity index (χ2v) is 7.39. The normalized spacial score (nSPS) is 18.2. The molecule has 0 aromatic rings. The summed E-state index contributed by atoms with van der Waals surface area (Å²) in [5.41, 5.74) is -0.409. The quantitative estimate of drug-likeness (QED) is 0.693. The molecule has 0 aromatic heterocycles. The van der Waals surface area contributed by atoms with Crippen molar-refractivity contribution in [3.8, 4) is 0 Å². The Morgan fingerprint density at radius 2 is 1.95 bits per heavy atom. The number of hydrogen-bond acceptors (Lipinski definition) is 3. The Hall–Kier alpha value is -0.770. The summed E-state index contributed by atoms with van der Waals surface area (Å²) in [6.07, 6.45) is 4.27. The van der Waals surface area contributed by atoms with Gasteiger partial charge in [-0.15, -0.1) is 0 Å². The zero-order chi connectivity index (χ0) is 16.0. The van der Waals surface area contributed by atoms with Crippen LogP contribution in [0.2, 0.25) is 0 Å². The molecule has 0 spiro atoms. The molecule has 1 rings (SSSR count). The molecule has 1 amide bonds. The van der Waals surface area contributed by atoms with Gasteiger partial charge in [-0.25, -0.2) is 4.79 Å². The second kappa shape index (κ2) is 8.02. The van der Waals surface area contributed by atoms with Crippen LogP contribution < -0.4 is 5.32 Å². The molecule has 21 heavy (non-hydrogen) atoms. The molecule has 1 aliphatic carbocycles. The molecule has 2 atom stereocenters. The molecule has 1 N–H and O–H groups in total. The summed E-state index contributed by atoms with van der Waals surface area (Å²) >= 11 is 0. The lowest BCUT2D eigenvalue weighted by molar-refractivity contribution is 0.0231. The van der Waals surface area contributed by atoms with Crippen molar-refractivity contribution in [1.29, 1.82) is 0 Å². The van der Waals surface area contributed by atoms with Crippen LogP contribution >= 0.6 is 0 Å². The number of amides is 1. The van der Waals surface area contributed by atoms with Gasteiger partial charge < -0.3 is 15.0 Å². The van der Waals surface area contributed by atoms with Gasteiger partial charge in [0.1, 0.15) is 5.60 Å². The highest BCUT2D eigenvalue weighted by molar-refractivity contribution is 5.69. The fraction of sp³-hybridized carbons (Fsp3) is 0.941. The molecule has 4 nitrogen and oxygen atoms in total. The number of nitrogens with one attached hydrogen (secondary N) is 1. The Morgan fingerprint density at radius 3 is 2.43 bits per heavy atom. The molecular formula is C17H34N2O2. The Labute approximate surface area is 130 Å². The first kappa shape index (κ1) is 18.3. The monoisotopic (exact) mass is 298 g/mol. The third-order valence-corrected chi connectivity index (χ3v) is 4.16. The van der Waals surface area contributed by atoms with Gasteiger partial charge in [-0.2, -0.15) is 0 Å². The minimum Gasteiger partial charge on any atom is -0.444 e. The summed E-state index contributed by atoms with van der Waals surface area (Å²) in [4.78, 5) is 14.1. The second-order valence-electron chi connectivity index (χ2n) is 7.39. The first-order chi connectivity index (χ1) is 9.74. The van der Waals surface area contributed by atoms with E-state index in [-0.39, 0.29) is 6.09 Å². The average Bonchev–Trinajstić information content (AvgIpc) is 3.19. The maximum Gasteiger partial charge on any atom is 0.410 e. The fourth-order valence-electron chi connectivity index (χ4n) is 2.26. The maximum atomic E-state index is 12.2. The molecule has 0 heterocycles. The summed E-state index contributed by atoms with van der Waals surface area (Å²) in [5.74, 6) is 0.690. The largest absolute Gasteiger partial charge is 0.444 e. The van der Waals surface area contributed by atoms with Gasteiger partial charge in [0.05, 0.1) is 0 Å². The number of ether oxygens (including phenoxy) is 1. The van der Waals surface area contributed by atoms with Gasteiger partial charge >= 0.3 is 6.09 Å². The van der Waals surface area contributed by atoms with Crippen LogP contribution in [0.1, 0.15) is 67.2 Å². The highest BCUT2D eigenvalue weighted by atomic mass is 16.6. The number of hydrogen-bond donors (Lipinski definition) is 1. The predicted molar refractivity (Wildman–Crippen MR) is 87.5 cm³/mol. The summed E-state index contributed by atoms with van der Waals surface area (Å²) in [6, 6.07) is 0.942. The van der Waals surface area contributed by atoms with E-state index in [9.17, 15) is 4.79 Å². The Morgan fingerprint density at radius 1 is 1.33 bits per heavy atom. The third kappa shape index (κ3) is 7.16. The van der Waals surface area contributed by atoms with Crippen molar-refractivity contribution in [2.24, 2.45) is 5.92 Å². The van der Waals surface area contributed by atoms with E-state index in [0.29, 0.717) is 18.0 Å². The van der Waals surface area contributed by atoms with Crippen LogP contribution in [0.5, 0.6) is 0 Å². The minimum absolute atomic E-state index is 0.153. The van der Waals surface area contributed by atoms with Crippen LogP contribution in [0.3, 0.4) is 0 Å². The molecule has 0 aromatic carbocycles. The molecule has 1 fully saturated rings. The fourth-order valence-corrected chi connectivity index (χ4v) is 2.26. The highest BCUT2D eigenvalue weighted by Crippen LogP contribution is 2.28. The zero-order valence-corrected chi connectivity index (χ0v) is 14.7. The van der Waals surface area contributed by atoms with Gasteiger partial charge in [-0.05, 0) is 59.4 Å². The maximum absolute atomic E-state index is 12.2. The third-order valence-electron chi connectivity index (χ3n) is 4.16. The van der Waals surface area contributed by atoms with Crippen LogP contribution in [0.4, 0.5) is 4.79 Å². The van der Waals surface area contributed by atoms with E-state index in [2.05, 4.69) is 26.1 Å². The number of nitrogens with zero attached hydrogens (tertiary/aromatic N) is 1. The van der Waals surface area contributed by atoms with Crippen LogP contribution in [-0.2, 0) is 4.74 Å². The van der Waals surface area contributed by atoms with Gasteiger partial charge in [0.15, 0.2) is 0 Å². The topological polar surface area (TPSA) is 41.6 Å². The van der Waals surface area contributed by atoms with Crippen LogP contribution in [-0.4, -0.2) is 41.8 Å². The molecular weight excluding hydrogens is 264 g/mol. The van der Waals surface area contributed by atoms with Crippen molar-refractivity contribution in [2.75, 3.05) is 13.1 Å². The van der Waals surface area contributed by atoms with Crippen molar-refractivity contribution in [3.63, 3.8) is 0 Å². The van der Waals surface area contributed by atoms with Gasteiger partial charge in [0.25, 0.3) is 0 Å². The number of rotatable bonds is 8. The molecule has 0 saturated heterocycles. The zero-order valence-electron chi connectivity index (χ0n) is 14.7. The van der Waals surface area contributed by atoms with Gasteiger partial charge in [-0.3, -0.25) is 0 Å². The summed E-state index contributed by atoms with van der Waals surface area (Å²) in [7, 11) is 0. The van der Waals surface area contributed by atoms with E-state index in [4.69, 9.17) is 4.74 Å². The van der Waals surface area contributed by atoms with Crippen LogP contribution in [0.15, 0.2) is 0 Å². The smallest absolute Gasteiger partial charge is 0.410 e. The molecule has 0 radical (unpaired) electrons. The lowest BCUT2D eigenvalue weighted by Gasteiger charge is -2.28. The van der Waals surface area contributed by atoms with E-state index in [1.807, 2.05) is 25.7 Å². The first-order valence-electron chi connectivity index (χ1n) is 8.47. The lowest BCUT2D eigenvalue weighted by atomic mass is 10.0. The van der Waals surface area contributed by atoms with E-state index >= 15 is 0 Å². The van der Waals surface area contributed by atoms with Crippen molar-refractivity contribution < 1.29 is 9.53 Å². The molecule has 124 valence electrons. The van der Waals surface area contributed by atoms with E-state index in [1.165, 1.54) is 6.42 Å². The van der Waals surface area contributed by atoms with Crippen molar-refractivity contribution in [2.45, 2.75) is 84.9 Å². The SMILES string of the molecule is CCC(C)C(C)NCCCN(C(=O)OC(C)(C)C)C1CC1. The first-order valence-corrected chi connectivity index (χ1v) is 8.47. The Balaban J connectivity index is 2.31. The van der Waals surface area contributed by atoms with Crippen molar-refractivity contribution in [1.82, 2.24) is 10.2 Å². The van der Waals surface area contributed by atoms with E-state index < -0.39 is 5.60 Å². The Kier molecular flexibility index (Phi) is 6.98. The molecule has 4 heteroatoms. The van der Waals surface area contributed by atoms with Gasteiger partial charge in [0, 0.05) is 18.6 Å². The summed E-state index contributed by atoms with van der Waals surface area (Å²) in [6.45, 7) is 14.2. The van der Waals surface area contributed by atoms with Gasteiger partial charge in [0.2, 0.25) is 0 Å². The van der Waals surface area contributed by atoms with Crippen molar-refractivity contribution in [3.05, 3.63) is 0 Å². The molecule has 0 aliphatic heterocycles. The lowest BCUT2D eigenvalue weighted by Crippen LogP contribution is -2.40. The predicted octanol–water partition coefficient (Wildman–Crippen LogP) is 3.80. The standard InChI is InChI=1S/C17H34N2O2/c1-7-13(2)14(3)18-11-8-12-19(15-9-10-15)16(20)21-17(4,5)6/h13-15,18H,7-12H2,1-6H3. The average molecular weight is 298 g/mol. The van der Waals surface area contributed by atoms with E-state index in [1.54, 1.807) is 0 Å². The van der Waals surface area contributed by atoms with Gasteiger partial charge in [-0.1, -0.05) is 20.3 Å². The van der Waals surface area contributed by atoms with E-state index in [0.717, 1.165) is 32.4 Å². The Bertz CT molecular complexity index is 321. The number of carbonyl (C=O) groups is 1. The summed E-state index contributed by atoms with van der Waals surface area (Å²) in [5, 5.41) is 3.56. The van der Waals surface area contributed by atoms with Crippen LogP contribution in [0.25, 0.3) is 0 Å². The minimum atomic E-state index is -0.409. The molecule has 2 unspecified atom stereocenters. The number of carbonyl (C=O) groups excluding carboxylic acids is 1. The molecule has 1 saturated carbocycles. The molecule has 0 bridgehead atoms. The summed E-state index contributed by atoms with van der Waals surface area (Å²) < 4.78 is 5.50. The van der Waals surface area contributed by atoms with Crippen molar-refractivity contribution >= 4 is 6.09 Å². The van der Waals surface area contributed by atoms with Crippen LogP contribution in [0, 0.1) is 5.92 Å².